The van der Waals surface area contributed by atoms with Gasteiger partial charge in [0.05, 0.1) is 0 Å². The molecule has 1 unspecified atom stereocenters. The van der Waals surface area contributed by atoms with Crippen molar-refractivity contribution in [1.82, 2.24) is 0 Å². The van der Waals surface area contributed by atoms with E-state index in [-0.39, 0.29) is 0 Å². The first-order chi connectivity index (χ1) is 19.1. The zero-order valence-corrected chi connectivity index (χ0v) is 24.2. The van der Waals surface area contributed by atoms with Crippen molar-refractivity contribution >= 4 is 43.9 Å². The van der Waals surface area contributed by atoms with Crippen LogP contribution in [0.15, 0.2) is 45.2 Å². The number of hydrogen-bond acceptors (Lipinski definition) is 2. The van der Waals surface area contributed by atoms with Crippen LogP contribution in [0, 0.1) is 0 Å². The molecule has 2 saturated carbocycles. The van der Waals surface area contributed by atoms with Gasteiger partial charge >= 0.3 is 0 Å². The van der Waals surface area contributed by atoms with Gasteiger partial charge in [-0.2, -0.15) is 0 Å². The summed E-state index contributed by atoms with van der Waals surface area (Å²) >= 11 is 0. The van der Waals surface area contributed by atoms with Crippen LogP contribution in [0.25, 0.3) is 43.9 Å². The van der Waals surface area contributed by atoms with Crippen LogP contribution in [0.4, 0.5) is 0 Å². The van der Waals surface area contributed by atoms with Gasteiger partial charge in [-0.05, 0) is 109 Å². The third-order valence-electron chi connectivity index (χ3n) is 10.3. The molecule has 39 heavy (non-hydrogen) atoms. The van der Waals surface area contributed by atoms with Gasteiger partial charge in [-0.3, -0.25) is 0 Å². The molecule has 0 saturated heterocycles. The van der Waals surface area contributed by atoms with E-state index in [2.05, 4.69) is 57.2 Å². The van der Waals surface area contributed by atoms with Gasteiger partial charge in [0.2, 0.25) is 0 Å². The van der Waals surface area contributed by atoms with E-state index in [9.17, 15) is 0 Å². The molecular weight excluding hydrogens is 476 g/mol. The summed E-state index contributed by atoms with van der Waals surface area (Å²) in [6, 6.07) is 14.3. The SMILES string of the molecule is CCCc1cc2c(cc1C1CCCCC1)oc1cc3oc4cc(C5CCCCC5)c(C(C)CC)cc4c3cc12. The molecule has 2 aliphatic carbocycles. The minimum atomic E-state index is 0.560. The Bertz CT molecular complexity index is 1630. The van der Waals surface area contributed by atoms with Gasteiger partial charge in [-0.1, -0.05) is 65.7 Å². The van der Waals surface area contributed by atoms with Gasteiger partial charge in [0.15, 0.2) is 0 Å². The number of fused-ring (bicyclic) bond motifs is 6. The summed E-state index contributed by atoms with van der Waals surface area (Å²) in [5, 5.41) is 5.00. The molecule has 7 rings (SSSR count). The minimum absolute atomic E-state index is 0.560. The average Bonchev–Trinajstić information content (AvgIpc) is 3.51. The smallest absolute Gasteiger partial charge is 0.139 e. The van der Waals surface area contributed by atoms with Crippen molar-refractivity contribution in [2.24, 2.45) is 0 Å². The van der Waals surface area contributed by atoms with Gasteiger partial charge in [-0.15, -0.1) is 0 Å². The maximum Gasteiger partial charge on any atom is 0.139 e. The number of hydrogen-bond donors (Lipinski definition) is 0. The minimum Gasteiger partial charge on any atom is -0.456 e. The van der Waals surface area contributed by atoms with Crippen molar-refractivity contribution in [3.63, 3.8) is 0 Å². The topological polar surface area (TPSA) is 26.3 Å². The average molecular weight is 521 g/mol. The van der Waals surface area contributed by atoms with Crippen molar-refractivity contribution in [2.45, 2.75) is 122 Å². The first-order valence-electron chi connectivity index (χ1n) is 16.0. The van der Waals surface area contributed by atoms with E-state index in [4.69, 9.17) is 8.83 Å². The highest BCUT2D eigenvalue weighted by Crippen LogP contribution is 2.44. The summed E-state index contributed by atoms with van der Waals surface area (Å²) < 4.78 is 13.1. The third kappa shape index (κ3) is 4.39. The quantitative estimate of drug-likeness (QED) is 0.222. The summed E-state index contributed by atoms with van der Waals surface area (Å²) in [5.74, 6) is 1.93. The Morgan fingerprint density at radius 1 is 0.615 bits per heavy atom. The first-order valence-corrected chi connectivity index (χ1v) is 16.0. The molecule has 2 fully saturated rings. The fourth-order valence-electron chi connectivity index (χ4n) is 7.92. The maximum absolute atomic E-state index is 6.58. The van der Waals surface area contributed by atoms with Crippen LogP contribution in [-0.2, 0) is 6.42 Å². The van der Waals surface area contributed by atoms with E-state index in [1.165, 1.54) is 104 Å². The summed E-state index contributed by atoms with van der Waals surface area (Å²) in [6.45, 7) is 7.03. The molecule has 0 radical (unpaired) electrons. The van der Waals surface area contributed by atoms with E-state index < -0.39 is 0 Å². The standard InChI is InChI=1S/C37H44O2/c1-4-12-26-17-30-32-19-33-31-18-27(23(3)5-2)29(25-15-10-7-11-16-25)21-35(31)39-37(33)22-36(32)38-34(30)20-28(26)24-13-8-6-9-14-24/h17-25H,4-16H2,1-3H3. The molecule has 2 heterocycles. The van der Waals surface area contributed by atoms with E-state index >= 15 is 0 Å². The van der Waals surface area contributed by atoms with Gasteiger partial charge in [0.1, 0.15) is 22.3 Å². The molecule has 2 aromatic heterocycles. The van der Waals surface area contributed by atoms with Crippen LogP contribution >= 0.6 is 0 Å². The maximum atomic E-state index is 6.58. The highest BCUT2D eigenvalue weighted by atomic mass is 16.3. The van der Waals surface area contributed by atoms with Crippen molar-refractivity contribution in [2.75, 3.05) is 0 Å². The first kappa shape index (κ1) is 25.2. The van der Waals surface area contributed by atoms with E-state index in [1.807, 2.05) is 0 Å². The van der Waals surface area contributed by atoms with Gasteiger partial charge in [0, 0.05) is 27.6 Å². The second-order valence-electron chi connectivity index (χ2n) is 12.8. The Hall–Kier alpha value is -2.74. The predicted molar refractivity (Wildman–Crippen MR) is 165 cm³/mol. The van der Waals surface area contributed by atoms with Crippen molar-refractivity contribution in [3.05, 3.63) is 58.7 Å². The highest BCUT2D eigenvalue weighted by molar-refractivity contribution is 6.15. The lowest BCUT2D eigenvalue weighted by molar-refractivity contribution is 0.439. The summed E-state index contributed by atoms with van der Waals surface area (Å²) in [6.07, 6.45) is 17.0. The number of benzene rings is 3. The third-order valence-corrected chi connectivity index (χ3v) is 10.3. The molecule has 5 aromatic rings. The molecule has 2 aliphatic rings. The molecular formula is C37H44O2. The van der Waals surface area contributed by atoms with Crippen LogP contribution in [0.2, 0.25) is 0 Å². The molecule has 0 aliphatic heterocycles. The second kappa shape index (κ2) is 10.3. The van der Waals surface area contributed by atoms with E-state index in [1.54, 1.807) is 16.7 Å². The van der Waals surface area contributed by atoms with E-state index in [0.29, 0.717) is 17.8 Å². The normalized spacial score (nSPS) is 18.6. The molecule has 0 bridgehead atoms. The van der Waals surface area contributed by atoms with Gasteiger partial charge in [-0.25, -0.2) is 0 Å². The Morgan fingerprint density at radius 2 is 1.13 bits per heavy atom. The zero-order chi connectivity index (χ0) is 26.5. The molecule has 0 N–H and O–H groups in total. The van der Waals surface area contributed by atoms with Crippen LogP contribution in [0.5, 0.6) is 0 Å². The Balaban J connectivity index is 1.40. The molecule has 204 valence electrons. The zero-order valence-electron chi connectivity index (χ0n) is 24.2. The van der Waals surface area contributed by atoms with Crippen molar-refractivity contribution in [1.29, 1.82) is 0 Å². The van der Waals surface area contributed by atoms with Crippen LogP contribution < -0.4 is 0 Å². The Kier molecular flexibility index (Phi) is 6.69. The predicted octanol–water partition coefficient (Wildman–Crippen LogP) is 12.0. The van der Waals surface area contributed by atoms with E-state index in [0.717, 1.165) is 28.8 Å². The number of aryl methyl sites for hydroxylation is 1. The molecule has 0 amide bonds. The fraction of sp³-hybridized carbons (Fsp3) is 0.514. The van der Waals surface area contributed by atoms with Crippen LogP contribution in [0.3, 0.4) is 0 Å². The summed E-state index contributed by atoms with van der Waals surface area (Å²) in [4.78, 5) is 0. The molecule has 3 aromatic carbocycles. The monoisotopic (exact) mass is 520 g/mol. The molecule has 0 spiro atoms. The lowest BCUT2D eigenvalue weighted by Crippen LogP contribution is -2.09. The summed E-state index contributed by atoms with van der Waals surface area (Å²) in [5.41, 5.74) is 10.2. The van der Waals surface area contributed by atoms with Crippen molar-refractivity contribution < 1.29 is 8.83 Å². The van der Waals surface area contributed by atoms with Crippen LogP contribution in [0.1, 0.15) is 138 Å². The molecule has 1 atom stereocenters. The number of furan rings is 2. The second-order valence-corrected chi connectivity index (χ2v) is 12.8. The molecule has 2 nitrogen and oxygen atoms in total. The van der Waals surface area contributed by atoms with Gasteiger partial charge in [0.25, 0.3) is 0 Å². The van der Waals surface area contributed by atoms with Crippen molar-refractivity contribution in [3.8, 4) is 0 Å². The van der Waals surface area contributed by atoms with Gasteiger partial charge < -0.3 is 8.83 Å². The Labute approximate surface area is 233 Å². The summed E-state index contributed by atoms with van der Waals surface area (Å²) in [7, 11) is 0. The largest absolute Gasteiger partial charge is 0.456 e. The fourth-order valence-corrected chi connectivity index (χ4v) is 7.92. The highest BCUT2D eigenvalue weighted by Gasteiger charge is 2.24. The Morgan fingerprint density at radius 3 is 1.72 bits per heavy atom. The lowest BCUT2D eigenvalue weighted by atomic mass is 9.79. The molecule has 2 heteroatoms. The lowest BCUT2D eigenvalue weighted by Gasteiger charge is -2.26. The number of rotatable bonds is 6. The van der Waals surface area contributed by atoms with Crippen LogP contribution in [-0.4, -0.2) is 0 Å².